The summed E-state index contributed by atoms with van der Waals surface area (Å²) in [5, 5.41) is 4.41. The maximum Gasteiger partial charge on any atom is 0.238 e. The van der Waals surface area contributed by atoms with Gasteiger partial charge in [0.25, 0.3) is 0 Å². The Bertz CT molecular complexity index is 3130. The van der Waals surface area contributed by atoms with Crippen LogP contribution < -0.4 is 27.3 Å². The predicted molar refractivity (Wildman–Crippen MR) is 244 cm³/mol. The molecule has 254 valence electrons. The standard InChI is InChI=1S/C45H33B5N4O/c46-37-36(38(47)40(49)41(50)39(37)48)29-17-10-20-33-35(29)28-15-7-8-19-32(28)54(33)45-52-43(25-13-5-2-6-14-25)51-44(53-45)30-18-9-16-27-31-23-26(24-11-3-1-4-12-24)21-22-34(31)55-42(27)30/h1-23H,46-50H2. The second-order valence-electron chi connectivity index (χ2n) is 14.6. The average Bonchev–Trinajstić information content (AvgIpc) is 3.79. The highest BCUT2D eigenvalue weighted by Crippen LogP contribution is 2.39. The molecule has 0 radical (unpaired) electrons. The zero-order chi connectivity index (χ0) is 37.4. The summed E-state index contributed by atoms with van der Waals surface area (Å²) in [6.45, 7) is 0. The largest absolute Gasteiger partial charge is 0.455 e. The minimum Gasteiger partial charge on any atom is -0.455 e. The molecule has 0 saturated carbocycles. The second-order valence-corrected chi connectivity index (χ2v) is 14.6. The topological polar surface area (TPSA) is 56.7 Å². The monoisotopic (exact) mass is 700 g/mol. The summed E-state index contributed by atoms with van der Waals surface area (Å²) < 4.78 is 8.86. The number of rotatable bonds is 5. The van der Waals surface area contributed by atoms with Crippen molar-refractivity contribution in [2.45, 2.75) is 0 Å². The van der Waals surface area contributed by atoms with Gasteiger partial charge in [0.2, 0.25) is 5.95 Å². The van der Waals surface area contributed by atoms with E-state index in [0.717, 1.165) is 60.6 Å². The summed E-state index contributed by atoms with van der Waals surface area (Å²) in [6.07, 6.45) is 0. The molecule has 0 amide bonds. The molecular formula is C45H33B5N4O. The highest BCUT2D eigenvalue weighted by molar-refractivity contribution is 6.69. The molecule has 0 aliphatic rings. The van der Waals surface area contributed by atoms with Crippen LogP contribution in [0.2, 0.25) is 0 Å². The number of hydrogen-bond donors (Lipinski definition) is 0. The first-order valence-electron chi connectivity index (χ1n) is 18.8. The summed E-state index contributed by atoms with van der Waals surface area (Å²) in [5.41, 5.74) is 16.8. The van der Waals surface area contributed by atoms with Gasteiger partial charge in [-0.25, -0.2) is 4.98 Å². The van der Waals surface area contributed by atoms with Crippen LogP contribution in [0.25, 0.3) is 94.7 Å². The van der Waals surface area contributed by atoms with E-state index in [1.165, 1.54) is 43.8 Å². The number of hydrogen-bond acceptors (Lipinski definition) is 4. The molecule has 0 spiro atoms. The quantitative estimate of drug-likeness (QED) is 0.260. The van der Waals surface area contributed by atoms with Gasteiger partial charge in [0.1, 0.15) is 50.4 Å². The molecule has 10 aromatic rings. The van der Waals surface area contributed by atoms with Gasteiger partial charge in [0, 0.05) is 27.1 Å². The minimum atomic E-state index is 0.551. The van der Waals surface area contributed by atoms with Crippen LogP contribution in [-0.4, -0.2) is 58.8 Å². The lowest BCUT2D eigenvalue weighted by Crippen LogP contribution is -2.55. The van der Waals surface area contributed by atoms with Gasteiger partial charge in [-0.05, 0) is 52.6 Å². The molecule has 0 N–H and O–H groups in total. The number of para-hydroxylation sites is 2. The Morgan fingerprint density at radius 2 is 1.04 bits per heavy atom. The molecule has 3 heterocycles. The number of nitrogens with zero attached hydrogens (tertiary/aromatic N) is 4. The maximum atomic E-state index is 6.65. The van der Waals surface area contributed by atoms with E-state index >= 15 is 0 Å². The number of furan rings is 1. The highest BCUT2D eigenvalue weighted by Gasteiger charge is 2.23. The Labute approximate surface area is 323 Å². The summed E-state index contributed by atoms with van der Waals surface area (Å²) in [5.74, 6) is 1.70. The molecule has 3 aromatic heterocycles. The van der Waals surface area contributed by atoms with Gasteiger partial charge in [0.15, 0.2) is 11.6 Å². The van der Waals surface area contributed by atoms with E-state index in [9.17, 15) is 0 Å². The predicted octanol–water partition coefficient (Wildman–Crippen LogP) is 2.83. The van der Waals surface area contributed by atoms with Crippen LogP contribution in [-0.2, 0) is 0 Å². The van der Waals surface area contributed by atoms with E-state index in [0.29, 0.717) is 17.6 Å². The van der Waals surface area contributed by atoms with Crippen LogP contribution in [0.1, 0.15) is 0 Å². The number of aromatic nitrogens is 4. The van der Waals surface area contributed by atoms with Gasteiger partial charge in [-0.3, -0.25) is 4.57 Å². The van der Waals surface area contributed by atoms with Crippen LogP contribution in [0, 0.1) is 0 Å². The Balaban J connectivity index is 1.24. The lowest BCUT2D eigenvalue weighted by Gasteiger charge is -2.21. The first kappa shape index (κ1) is 33.1. The molecule has 10 heteroatoms. The Kier molecular flexibility index (Phi) is 7.70. The fourth-order valence-corrected chi connectivity index (χ4v) is 8.43. The van der Waals surface area contributed by atoms with E-state index in [1.807, 2.05) is 42.5 Å². The third-order valence-corrected chi connectivity index (χ3v) is 11.7. The van der Waals surface area contributed by atoms with Crippen molar-refractivity contribution >= 4 is 110 Å². The average molecular weight is 700 g/mol. The maximum absolute atomic E-state index is 6.65. The fourth-order valence-electron chi connectivity index (χ4n) is 8.43. The lowest BCUT2D eigenvalue weighted by molar-refractivity contribution is 0.669. The van der Waals surface area contributed by atoms with Crippen molar-refractivity contribution in [3.63, 3.8) is 0 Å². The molecule has 0 aliphatic carbocycles. The molecule has 0 saturated heterocycles. The van der Waals surface area contributed by atoms with Crippen molar-refractivity contribution in [1.82, 2.24) is 19.5 Å². The van der Waals surface area contributed by atoms with E-state index in [4.69, 9.17) is 19.4 Å². The van der Waals surface area contributed by atoms with Gasteiger partial charge in [0.05, 0.1) is 16.6 Å². The van der Waals surface area contributed by atoms with Crippen molar-refractivity contribution in [3.8, 4) is 51.0 Å². The Morgan fingerprint density at radius 1 is 0.436 bits per heavy atom. The van der Waals surface area contributed by atoms with Crippen molar-refractivity contribution in [2.75, 3.05) is 0 Å². The van der Waals surface area contributed by atoms with Gasteiger partial charge in [-0.2, -0.15) is 9.97 Å². The van der Waals surface area contributed by atoms with Crippen molar-refractivity contribution in [3.05, 3.63) is 140 Å². The summed E-state index contributed by atoms with van der Waals surface area (Å²) in [4.78, 5) is 15.7. The molecule has 0 atom stereocenters. The SMILES string of the molecule is Bc1c(B)c(B)c(-c2cccc3c2c2ccccc2n3-c2nc(-c3ccccc3)nc(-c3cccc4c3oc3ccc(-c5ccccc5)cc34)n2)c(B)c1B. The van der Waals surface area contributed by atoms with Crippen LogP contribution in [0.5, 0.6) is 0 Å². The molecule has 5 nitrogen and oxygen atoms in total. The van der Waals surface area contributed by atoms with Crippen LogP contribution >= 0.6 is 0 Å². The van der Waals surface area contributed by atoms with E-state index in [2.05, 4.69) is 141 Å². The third-order valence-electron chi connectivity index (χ3n) is 11.7. The molecule has 0 fully saturated rings. The smallest absolute Gasteiger partial charge is 0.238 e. The summed E-state index contributed by atoms with van der Waals surface area (Å²) >= 11 is 0. The zero-order valence-electron chi connectivity index (χ0n) is 31.5. The van der Waals surface area contributed by atoms with Crippen LogP contribution in [0.4, 0.5) is 0 Å². The summed E-state index contributed by atoms with van der Waals surface area (Å²) in [7, 11) is 11.2. The van der Waals surface area contributed by atoms with Crippen LogP contribution in [0.3, 0.4) is 0 Å². The Hall–Kier alpha value is -6.53. The van der Waals surface area contributed by atoms with E-state index < -0.39 is 0 Å². The molecule has 7 aromatic carbocycles. The number of benzene rings is 7. The first-order valence-corrected chi connectivity index (χ1v) is 18.8. The van der Waals surface area contributed by atoms with Gasteiger partial charge in [-0.1, -0.05) is 120 Å². The number of fused-ring (bicyclic) bond motifs is 6. The van der Waals surface area contributed by atoms with Gasteiger partial charge >= 0.3 is 0 Å². The lowest BCUT2D eigenvalue weighted by atomic mass is 9.59. The molecule has 10 rings (SSSR count). The highest BCUT2D eigenvalue weighted by atomic mass is 16.3. The summed E-state index contributed by atoms with van der Waals surface area (Å²) in [6, 6.07) is 48.4. The van der Waals surface area contributed by atoms with Crippen molar-refractivity contribution in [2.24, 2.45) is 0 Å². The molecular weight excluding hydrogens is 667 g/mol. The Morgan fingerprint density at radius 3 is 1.80 bits per heavy atom. The zero-order valence-corrected chi connectivity index (χ0v) is 31.5. The minimum absolute atomic E-state index is 0.551. The molecule has 55 heavy (non-hydrogen) atoms. The normalized spacial score (nSPS) is 11.6. The molecule has 0 unspecified atom stereocenters. The van der Waals surface area contributed by atoms with Crippen molar-refractivity contribution < 1.29 is 4.42 Å². The van der Waals surface area contributed by atoms with Crippen LogP contribution in [0.15, 0.2) is 144 Å². The second kappa shape index (κ2) is 12.8. The van der Waals surface area contributed by atoms with Gasteiger partial charge in [-0.15, -0.1) is 16.4 Å². The molecule has 0 bridgehead atoms. The van der Waals surface area contributed by atoms with Crippen molar-refractivity contribution in [1.29, 1.82) is 0 Å². The fraction of sp³-hybridized carbons (Fsp3) is 0. The van der Waals surface area contributed by atoms with E-state index in [-0.39, 0.29) is 0 Å². The van der Waals surface area contributed by atoms with Gasteiger partial charge < -0.3 is 4.42 Å². The molecule has 0 aliphatic heterocycles. The van der Waals surface area contributed by atoms with E-state index in [1.54, 1.807) is 0 Å². The first-order chi connectivity index (χ1) is 26.9. The third kappa shape index (κ3) is 5.19.